The fourth-order valence-corrected chi connectivity index (χ4v) is 3.84. The molecule has 0 bridgehead atoms. The minimum absolute atomic E-state index is 0.880. The molecule has 0 aliphatic carbocycles. The molecule has 3 nitrogen and oxygen atoms in total. The predicted molar refractivity (Wildman–Crippen MR) is 78.2 cm³/mol. The second kappa shape index (κ2) is 4.36. The fraction of sp³-hybridized carbons (Fsp3) is 0.500. The van der Waals surface area contributed by atoms with E-state index in [1.54, 1.807) is 0 Å². The normalized spacial score (nSPS) is 27.2. The van der Waals surface area contributed by atoms with E-state index in [0.717, 1.165) is 18.4 Å². The van der Waals surface area contributed by atoms with Gasteiger partial charge in [-0.15, -0.1) is 0 Å². The third kappa shape index (κ3) is 1.88. The molecule has 100 valence electrons. The first-order valence-electron chi connectivity index (χ1n) is 7.30. The maximum absolute atomic E-state index is 3.51. The van der Waals surface area contributed by atoms with Crippen LogP contribution in [-0.2, 0) is 6.54 Å². The quantitative estimate of drug-likeness (QED) is 0.861. The van der Waals surface area contributed by atoms with Gasteiger partial charge in [0.05, 0.1) is 0 Å². The highest BCUT2D eigenvalue weighted by Gasteiger charge is 2.36. The average Bonchev–Trinajstić information content (AvgIpc) is 3.04. The summed E-state index contributed by atoms with van der Waals surface area (Å²) in [5.41, 5.74) is 4.09. The van der Waals surface area contributed by atoms with Crippen LogP contribution in [0.1, 0.15) is 11.3 Å². The van der Waals surface area contributed by atoms with Gasteiger partial charge < -0.3 is 10.3 Å². The van der Waals surface area contributed by atoms with Gasteiger partial charge >= 0.3 is 0 Å². The van der Waals surface area contributed by atoms with Gasteiger partial charge in [-0.2, -0.15) is 0 Å². The molecule has 4 rings (SSSR count). The molecule has 2 aliphatic rings. The van der Waals surface area contributed by atoms with Crippen LogP contribution in [0.5, 0.6) is 0 Å². The van der Waals surface area contributed by atoms with Crippen LogP contribution >= 0.6 is 0 Å². The number of hydrogen-bond donors (Lipinski definition) is 2. The Hall–Kier alpha value is -1.32. The molecule has 2 atom stereocenters. The van der Waals surface area contributed by atoms with Crippen LogP contribution in [0.2, 0.25) is 0 Å². The standard InChI is InChI=1S/C16H21N3/c1-11-15(14-4-2-3-5-16(14)18-11)10-19-8-12-6-17-7-13(12)9-19/h2-5,12-13,17-18H,6-10H2,1H3. The highest BCUT2D eigenvalue weighted by molar-refractivity contribution is 5.84. The molecule has 2 aliphatic heterocycles. The van der Waals surface area contributed by atoms with Gasteiger partial charge in [-0.3, -0.25) is 4.90 Å². The summed E-state index contributed by atoms with van der Waals surface area (Å²) in [4.78, 5) is 6.15. The molecular weight excluding hydrogens is 234 g/mol. The van der Waals surface area contributed by atoms with E-state index < -0.39 is 0 Å². The number of likely N-dealkylation sites (tertiary alicyclic amines) is 1. The van der Waals surface area contributed by atoms with Crippen LogP contribution in [0.25, 0.3) is 10.9 Å². The number of H-pyrrole nitrogens is 1. The van der Waals surface area contributed by atoms with Crippen LogP contribution in [0.15, 0.2) is 24.3 Å². The fourth-order valence-electron chi connectivity index (χ4n) is 3.84. The monoisotopic (exact) mass is 255 g/mol. The van der Waals surface area contributed by atoms with Gasteiger partial charge in [0.15, 0.2) is 0 Å². The molecule has 2 saturated heterocycles. The number of aromatic nitrogens is 1. The molecule has 0 amide bonds. The number of aromatic amines is 1. The Morgan fingerprint density at radius 1 is 1.16 bits per heavy atom. The second-order valence-electron chi connectivity index (χ2n) is 6.15. The van der Waals surface area contributed by atoms with Gasteiger partial charge in [-0.1, -0.05) is 18.2 Å². The molecule has 2 aromatic rings. The first kappa shape index (κ1) is 11.5. The van der Waals surface area contributed by atoms with E-state index in [1.165, 1.54) is 48.3 Å². The summed E-state index contributed by atoms with van der Waals surface area (Å²) in [5, 5.41) is 4.91. The minimum atomic E-state index is 0.880. The topological polar surface area (TPSA) is 31.1 Å². The summed E-state index contributed by atoms with van der Waals surface area (Å²) < 4.78 is 0. The van der Waals surface area contributed by atoms with Crippen LogP contribution in [-0.4, -0.2) is 36.1 Å². The maximum atomic E-state index is 3.51. The molecule has 2 unspecified atom stereocenters. The number of nitrogens with one attached hydrogen (secondary N) is 2. The number of aryl methyl sites for hydroxylation is 1. The van der Waals surface area contributed by atoms with Gasteiger partial charge in [-0.05, 0) is 43.5 Å². The predicted octanol–water partition coefficient (Wildman–Crippen LogP) is 2.13. The van der Waals surface area contributed by atoms with Crippen molar-refractivity contribution in [3.8, 4) is 0 Å². The largest absolute Gasteiger partial charge is 0.358 e. The van der Waals surface area contributed by atoms with Crippen LogP contribution < -0.4 is 5.32 Å². The zero-order valence-electron chi connectivity index (χ0n) is 11.4. The van der Waals surface area contributed by atoms with Gasteiger partial charge in [0.25, 0.3) is 0 Å². The molecule has 19 heavy (non-hydrogen) atoms. The zero-order valence-corrected chi connectivity index (χ0v) is 11.4. The van der Waals surface area contributed by atoms with E-state index in [0.29, 0.717) is 0 Å². The Morgan fingerprint density at radius 2 is 1.89 bits per heavy atom. The molecule has 3 heteroatoms. The summed E-state index contributed by atoms with van der Waals surface area (Å²) in [6, 6.07) is 8.66. The third-order valence-electron chi connectivity index (χ3n) is 4.87. The van der Waals surface area contributed by atoms with E-state index in [2.05, 4.69) is 46.4 Å². The van der Waals surface area contributed by atoms with E-state index >= 15 is 0 Å². The van der Waals surface area contributed by atoms with Crippen molar-refractivity contribution < 1.29 is 0 Å². The molecule has 3 heterocycles. The highest BCUT2D eigenvalue weighted by Crippen LogP contribution is 2.30. The Kier molecular flexibility index (Phi) is 2.64. The van der Waals surface area contributed by atoms with Gasteiger partial charge in [-0.25, -0.2) is 0 Å². The molecule has 2 N–H and O–H groups in total. The Labute approximate surface area is 114 Å². The maximum Gasteiger partial charge on any atom is 0.0459 e. The van der Waals surface area contributed by atoms with E-state index in [4.69, 9.17) is 0 Å². The number of hydrogen-bond acceptors (Lipinski definition) is 2. The van der Waals surface area contributed by atoms with Crippen LogP contribution in [0, 0.1) is 18.8 Å². The minimum Gasteiger partial charge on any atom is -0.358 e. The first-order valence-corrected chi connectivity index (χ1v) is 7.30. The number of benzene rings is 1. The average molecular weight is 255 g/mol. The van der Waals surface area contributed by atoms with E-state index in [-0.39, 0.29) is 0 Å². The molecule has 0 radical (unpaired) electrons. The lowest BCUT2D eigenvalue weighted by Gasteiger charge is -2.17. The van der Waals surface area contributed by atoms with Gasteiger partial charge in [0.1, 0.15) is 0 Å². The molecule has 2 fully saturated rings. The van der Waals surface area contributed by atoms with Gasteiger partial charge in [0, 0.05) is 36.2 Å². The van der Waals surface area contributed by atoms with Crippen LogP contribution in [0.4, 0.5) is 0 Å². The molecule has 1 aromatic carbocycles. The molecule has 1 aromatic heterocycles. The van der Waals surface area contributed by atoms with Crippen molar-refractivity contribution in [2.24, 2.45) is 11.8 Å². The molecular formula is C16H21N3. The number of nitrogens with zero attached hydrogens (tertiary/aromatic N) is 1. The smallest absolute Gasteiger partial charge is 0.0459 e. The number of fused-ring (bicyclic) bond motifs is 2. The first-order chi connectivity index (χ1) is 9.31. The third-order valence-corrected chi connectivity index (χ3v) is 4.87. The summed E-state index contributed by atoms with van der Waals surface area (Å²) in [6.45, 7) is 8.26. The lowest BCUT2D eigenvalue weighted by Crippen LogP contribution is -2.25. The van der Waals surface area contributed by atoms with Crippen molar-refractivity contribution in [1.29, 1.82) is 0 Å². The second-order valence-corrected chi connectivity index (χ2v) is 6.15. The van der Waals surface area contributed by atoms with E-state index in [9.17, 15) is 0 Å². The molecule has 0 spiro atoms. The van der Waals surface area contributed by atoms with Crippen LogP contribution in [0.3, 0.4) is 0 Å². The zero-order chi connectivity index (χ0) is 12.8. The molecule has 0 saturated carbocycles. The van der Waals surface area contributed by atoms with Crippen molar-refractivity contribution in [1.82, 2.24) is 15.2 Å². The summed E-state index contributed by atoms with van der Waals surface area (Å²) in [5.74, 6) is 1.76. The van der Waals surface area contributed by atoms with Crippen molar-refractivity contribution in [3.05, 3.63) is 35.5 Å². The van der Waals surface area contributed by atoms with Crippen molar-refractivity contribution in [2.75, 3.05) is 26.2 Å². The van der Waals surface area contributed by atoms with Crippen molar-refractivity contribution in [2.45, 2.75) is 13.5 Å². The highest BCUT2D eigenvalue weighted by atomic mass is 15.2. The lowest BCUT2D eigenvalue weighted by molar-refractivity contribution is 0.306. The van der Waals surface area contributed by atoms with Crippen molar-refractivity contribution >= 4 is 10.9 Å². The SMILES string of the molecule is Cc1[nH]c2ccccc2c1CN1CC2CNCC2C1. The number of rotatable bonds is 2. The summed E-state index contributed by atoms with van der Waals surface area (Å²) in [6.07, 6.45) is 0. The lowest BCUT2D eigenvalue weighted by atomic mass is 10.0. The number of para-hydroxylation sites is 1. The summed E-state index contributed by atoms with van der Waals surface area (Å²) >= 11 is 0. The summed E-state index contributed by atoms with van der Waals surface area (Å²) in [7, 11) is 0. The van der Waals surface area contributed by atoms with Crippen molar-refractivity contribution in [3.63, 3.8) is 0 Å². The Morgan fingerprint density at radius 3 is 2.68 bits per heavy atom. The Balaban J connectivity index is 1.60. The Bertz CT molecular complexity index is 589. The van der Waals surface area contributed by atoms with Gasteiger partial charge in [0.2, 0.25) is 0 Å². The van der Waals surface area contributed by atoms with E-state index in [1.807, 2.05) is 0 Å².